The molecule has 1 saturated carbocycles. The molecule has 3 rings (SSSR count). The van der Waals surface area contributed by atoms with Crippen molar-refractivity contribution in [1.82, 2.24) is 4.72 Å². The first-order chi connectivity index (χ1) is 10.5. The monoisotopic (exact) mass is 320 g/mol. The van der Waals surface area contributed by atoms with Gasteiger partial charge in [-0.2, -0.15) is 0 Å². The van der Waals surface area contributed by atoms with Crippen LogP contribution in [-0.4, -0.2) is 20.4 Å². The lowest BCUT2D eigenvalue weighted by atomic mass is 10.1. The molecule has 1 unspecified atom stereocenters. The number of carbonyl (C=O) groups excluding carboxylic acids is 1. The Morgan fingerprint density at radius 3 is 2.45 bits per heavy atom. The van der Waals surface area contributed by atoms with Gasteiger partial charge in [-0.15, -0.1) is 0 Å². The molecule has 6 heteroatoms. The standard InChI is InChI=1S/C16H20N2O3S/c19-16(11-12-3-1-2-4-12)17-13-7-9-15(10-8-13)22(20,21)18-14-5-6-14/h1,3,7-10,12,14,18H,2,4-6,11H2,(H,17,19). The molecule has 0 heterocycles. The van der Waals surface area contributed by atoms with E-state index >= 15 is 0 Å². The summed E-state index contributed by atoms with van der Waals surface area (Å²) in [6.45, 7) is 0. The Hall–Kier alpha value is -1.66. The molecular weight excluding hydrogens is 300 g/mol. The van der Waals surface area contributed by atoms with E-state index in [0.29, 0.717) is 18.0 Å². The fourth-order valence-electron chi connectivity index (χ4n) is 2.52. The number of amides is 1. The number of nitrogens with one attached hydrogen (secondary N) is 2. The highest BCUT2D eigenvalue weighted by Gasteiger charge is 2.27. The van der Waals surface area contributed by atoms with Crippen LogP contribution in [0.15, 0.2) is 41.3 Å². The molecule has 0 bridgehead atoms. The molecule has 0 spiro atoms. The van der Waals surface area contributed by atoms with Crippen LogP contribution in [0.3, 0.4) is 0 Å². The number of rotatable bonds is 6. The molecule has 0 saturated heterocycles. The summed E-state index contributed by atoms with van der Waals surface area (Å²) in [4.78, 5) is 12.2. The molecule has 5 nitrogen and oxygen atoms in total. The average molecular weight is 320 g/mol. The Bertz CT molecular complexity index is 676. The third kappa shape index (κ3) is 3.96. The van der Waals surface area contributed by atoms with Gasteiger partial charge in [0.05, 0.1) is 4.90 Å². The van der Waals surface area contributed by atoms with E-state index in [0.717, 1.165) is 25.7 Å². The third-order valence-corrected chi connectivity index (χ3v) is 5.44. The molecular formula is C16H20N2O3S. The Morgan fingerprint density at radius 1 is 1.14 bits per heavy atom. The Labute approximate surface area is 130 Å². The highest BCUT2D eigenvalue weighted by atomic mass is 32.2. The number of benzene rings is 1. The summed E-state index contributed by atoms with van der Waals surface area (Å²) in [7, 11) is -3.43. The molecule has 22 heavy (non-hydrogen) atoms. The number of sulfonamides is 1. The molecule has 2 aliphatic carbocycles. The minimum Gasteiger partial charge on any atom is -0.326 e. The topological polar surface area (TPSA) is 75.3 Å². The third-order valence-electron chi connectivity index (χ3n) is 3.91. The van der Waals surface area contributed by atoms with E-state index in [2.05, 4.69) is 22.2 Å². The van der Waals surface area contributed by atoms with Crippen LogP contribution in [0.5, 0.6) is 0 Å². The van der Waals surface area contributed by atoms with Gasteiger partial charge < -0.3 is 5.32 Å². The van der Waals surface area contributed by atoms with Gasteiger partial charge in [-0.1, -0.05) is 12.2 Å². The van der Waals surface area contributed by atoms with E-state index in [1.54, 1.807) is 12.1 Å². The smallest absolute Gasteiger partial charge is 0.240 e. The van der Waals surface area contributed by atoms with Crippen molar-refractivity contribution < 1.29 is 13.2 Å². The first-order valence-electron chi connectivity index (χ1n) is 7.62. The van der Waals surface area contributed by atoms with Crippen LogP contribution in [0.2, 0.25) is 0 Å². The zero-order valence-corrected chi connectivity index (χ0v) is 13.1. The second-order valence-corrected chi connectivity index (χ2v) is 7.65. The molecule has 2 aliphatic rings. The van der Waals surface area contributed by atoms with Crippen LogP contribution in [0, 0.1) is 5.92 Å². The lowest BCUT2D eigenvalue weighted by Crippen LogP contribution is -2.25. The molecule has 0 aromatic heterocycles. The maximum atomic E-state index is 12.0. The van der Waals surface area contributed by atoms with E-state index in [1.165, 1.54) is 12.1 Å². The molecule has 0 radical (unpaired) electrons. The minimum absolute atomic E-state index is 0.0386. The van der Waals surface area contributed by atoms with Gasteiger partial charge in [0.25, 0.3) is 0 Å². The van der Waals surface area contributed by atoms with Crippen LogP contribution in [0.25, 0.3) is 0 Å². The van der Waals surface area contributed by atoms with Gasteiger partial charge in [-0.3, -0.25) is 4.79 Å². The summed E-state index contributed by atoms with van der Waals surface area (Å²) in [6.07, 6.45) is 8.53. The highest BCUT2D eigenvalue weighted by Crippen LogP contribution is 2.23. The number of hydrogen-bond donors (Lipinski definition) is 2. The maximum Gasteiger partial charge on any atom is 0.240 e. The van der Waals surface area contributed by atoms with Gasteiger partial charge >= 0.3 is 0 Å². The summed E-state index contributed by atoms with van der Waals surface area (Å²) in [5.74, 6) is 0.283. The second-order valence-electron chi connectivity index (χ2n) is 5.94. The summed E-state index contributed by atoms with van der Waals surface area (Å²) < 4.78 is 26.7. The Balaban J connectivity index is 1.58. The lowest BCUT2D eigenvalue weighted by molar-refractivity contribution is -0.116. The van der Waals surface area contributed by atoms with Crippen LogP contribution in [0.1, 0.15) is 32.1 Å². The predicted octanol–water partition coefficient (Wildman–Crippen LogP) is 2.42. The summed E-state index contributed by atoms with van der Waals surface area (Å²) in [5, 5.41) is 2.81. The fraction of sp³-hybridized carbons (Fsp3) is 0.438. The molecule has 1 aromatic rings. The molecule has 2 N–H and O–H groups in total. The summed E-state index contributed by atoms with van der Waals surface area (Å²) in [5.41, 5.74) is 0.623. The molecule has 1 aromatic carbocycles. The SMILES string of the molecule is O=C(CC1C=CCC1)Nc1ccc(S(=O)(=O)NC2CC2)cc1. The van der Waals surface area contributed by atoms with Crippen molar-refractivity contribution >= 4 is 21.6 Å². The Kier molecular flexibility index (Phi) is 4.31. The zero-order valence-electron chi connectivity index (χ0n) is 12.3. The first-order valence-corrected chi connectivity index (χ1v) is 9.10. The van der Waals surface area contributed by atoms with Crippen molar-refractivity contribution in [2.24, 2.45) is 5.92 Å². The van der Waals surface area contributed by atoms with Gasteiger partial charge in [0.2, 0.25) is 15.9 Å². The quantitative estimate of drug-likeness (QED) is 0.790. The lowest BCUT2D eigenvalue weighted by Gasteiger charge is -2.10. The molecule has 1 amide bonds. The van der Waals surface area contributed by atoms with E-state index in [4.69, 9.17) is 0 Å². The average Bonchev–Trinajstić information content (AvgIpc) is 3.12. The molecule has 1 atom stereocenters. The van der Waals surface area contributed by atoms with Gasteiger partial charge in [0.1, 0.15) is 0 Å². The fourth-order valence-corrected chi connectivity index (χ4v) is 3.83. The van der Waals surface area contributed by atoms with Gasteiger partial charge in [-0.05, 0) is 55.9 Å². The summed E-state index contributed by atoms with van der Waals surface area (Å²) >= 11 is 0. The van der Waals surface area contributed by atoms with Crippen molar-refractivity contribution in [3.63, 3.8) is 0 Å². The summed E-state index contributed by atoms with van der Waals surface area (Å²) in [6, 6.07) is 6.39. The zero-order chi connectivity index (χ0) is 15.6. The first kappa shape index (κ1) is 15.2. The second kappa shape index (κ2) is 6.22. The van der Waals surface area contributed by atoms with Gasteiger partial charge in [0, 0.05) is 18.2 Å². The van der Waals surface area contributed by atoms with Crippen molar-refractivity contribution in [2.75, 3.05) is 5.32 Å². The van der Waals surface area contributed by atoms with Gasteiger partial charge in [0.15, 0.2) is 0 Å². The number of anilines is 1. The van der Waals surface area contributed by atoms with Crippen LogP contribution >= 0.6 is 0 Å². The van der Waals surface area contributed by atoms with Crippen molar-refractivity contribution in [1.29, 1.82) is 0 Å². The normalized spacial score (nSPS) is 21.0. The van der Waals surface area contributed by atoms with E-state index in [1.807, 2.05) is 0 Å². The Morgan fingerprint density at radius 2 is 1.86 bits per heavy atom. The molecule has 0 aliphatic heterocycles. The van der Waals surface area contributed by atoms with Crippen molar-refractivity contribution in [2.45, 2.75) is 43.0 Å². The predicted molar refractivity (Wildman–Crippen MR) is 84.9 cm³/mol. The number of allylic oxidation sites excluding steroid dienone is 2. The van der Waals surface area contributed by atoms with E-state index < -0.39 is 10.0 Å². The van der Waals surface area contributed by atoms with E-state index in [9.17, 15) is 13.2 Å². The van der Waals surface area contributed by atoms with Crippen LogP contribution in [0.4, 0.5) is 5.69 Å². The van der Waals surface area contributed by atoms with E-state index in [-0.39, 0.29) is 16.8 Å². The van der Waals surface area contributed by atoms with Gasteiger partial charge in [-0.25, -0.2) is 13.1 Å². The van der Waals surface area contributed by atoms with Crippen molar-refractivity contribution in [3.8, 4) is 0 Å². The van der Waals surface area contributed by atoms with Crippen LogP contribution in [-0.2, 0) is 14.8 Å². The van der Waals surface area contributed by atoms with Crippen LogP contribution < -0.4 is 10.0 Å². The van der Waals surface area contributed by atoms with Crippen molar-refractivity contribution in [3.05, 3.63) is 36.4 Å². The maximum absolute atomic E-state index is 12.0. The minimum atomic E-state index is -3.43. The number of carbonyl (C=O) groups is 1. The highest BCUT2D eigenvalue weighted by molar-refractivity contribution is 7.89. The molecule has 118 valence electrons. The number of hydrogen-bond acceptors (Lipinski definition) is 3. The molecule has 1 fully saturated rings. The largest absolute Gasteiger partial charge is 0.326 e.